The number of amides is 1. The van der Waals surface area contributed by atoms with Gasteiger partial charge in [0.15, 0.2) is 0 Å². The van der Waals surface area contributed by atoms with E-state index < -0.39 is 23.8 Å². The molecule has 1 saturated heterocycles. The number of cyclic esters (lactones) is 1. The van der Waals surface area contributed by atoms with Gasteiger partial charge in [-0.2, -0.15) is 0 Å². The molecular weight excluding hydrogens is 332 g/mol. The first kappa shape index (κ1) is 15.4. The Labute approximate surface area is 141 Å². The number of hydrogen-bond acceptors (Lipinski definition) is 4. The van der Waals surface area contributed by atoms with E-state index in [0.717, 1.165) is 17.6 Å². The first-order chi connectivity index (χ1) is 12.1. The van der Waals surface area contributed by atoms with Gasteiger partial charge in [0.2, 0.25) is 0 Å². The van der Waals surface area contributed by atoms with Gasteiger partial charge < -0.3 is 14.5 Å². The van der Waals surface area contributed by atoms with Gasteiger partial charge in [-0.05, 0) is 18.2 Å². The number of rotatable bonds is 3. The van der Waals surface area contributed by atoms with Crippen LogP contribution in [-0.4, -0.2) is 29.8 Å². The van der Waals surface area contributed by atoms with E-state index in [2.05, 4.69) is 9.97 Å². The maximum atomic E-state index is 14.4. The number of ether oxygens (including phenoxy) is 2. The number of fused-ring (bicyclic) bond motifs is 1. The number of imidazole rings is 1. The summed E-state index contributed by atoms with van der Waals surface area (Å²) in [5.41, 5.74) is 1.62. The summed E-state index contributed by atoms with van der Waals surface area (Å²) in [7, 11) is 1.32. The minimum absolute atomic E-state index is 0.0634. The zero-order valence-corrected chi connectivity index (χ0v) is 13.1. The fourth-order valence-corrected chi connectivity index (χ4v) is 2.99. The average Bonchev–Trinajstić information content (AvgIpc) is 3.20. The van der Waals surface area contributed by atoms with E-state index in [0.29, 0.717) is 11.2 Å². The number of carbonyl (C=O) groups excluding carboxylic acids is 1. The summed E-state index contributed by atoms with van der Waals surface area (Å²) in [6.07, 6.45) is 0.853. The molecule has 1 atom stereocenters. The van der Waals surface area contributed by atoms with Crippen LogP contribution in [0.1, 0.15) is 11.6 Å². The van der Waals surface area contributed by atoms with E-state index in [-0.39, 0.29) is 17.9 Å². The first-order valence-corrected chi connectivity index (χ1v) is 7.50. The van der Waals surface area contributed by atoms with Crippen LogP contribution in [-0.2, 0) is 4.74 Å². The van der Waals surface area contributed by atoms with E-state index in [4.69, 9.17) is 9.47 Å². The number of halogens is 2. The molecule has 1 aliphatic rings. The van der Waals surface area contributed by atoms with Crippen molar-refractivity contribution in [2.45, 2.75) is 6.04 Å². The summed E-state index contributed by atoms with van der Waals surface area (Å²) in [5, 5.41) is 0. The van der Waals surface area contributed by atoms with E-state index in [1.165, 1.54) is 18.3 Å². The Morgan fingerprint density at radius 1 is 1.28 bits per heavy atom. The largest absolute Gasteiger partial charge is 0.497 e. The quantitative estimate of drug-likeness (QED) is 0.788. The van der Waals surface area contributed by atoms with E-state index in [9.17, 15) is 13.6 Å². The van der Waals surface area contributed by atoms with Crippen LogP contribution < -0.4 is 9.64 Å². The van der Waals surface area contributed by atoms with Crippen molar-refractivity contribution in [3.05, 3.63) is 53.9 Å². The molecule has 25 heavy (non-hydrogen) atoms. The highest BCUT2D eigenvalue weighted by Gasteiger charge is 2.39. The van der Waals surface area contributed by atoms with Crippen molar-refractivity contribution < 1.29 is 23.0 Å². The molecule has 8 heteroatoms. The Bertz CT molecular complexity index is 950. The molecule has 4 rings (SSSR count). The van der Waals surface area contributed by atoms with Crippen molar-refractivity contribution in [2.75, 3.05) is 18.6 Å². The van der Waals surface area contributed by atoms with Crippen LogP contribution in [0.15, 0.2) is 36.7 Å². The molecule has 128 valence electrons. The number of carbonyl (C=O) groups is 1. The lowest BCUT2D eigenvalue weighted by Crippen LogP contribution is -2.28. The van der Waals surface area contributed by atoms with E-state index >= 15 is 0 Å². The van der Waals surface area contributed by atoms with Gasteiger partial charge in [0.25, 0.3) is 0 Å². The number of methoxy groups -OCH3 is 1. The van der Waals surface area contributed by atoms with Gasteiger partial charge >= 0.3 is 6.09 Å². The number of nitrogens with zero attached hydrogens (tertiary/aromatic N) is 2. The number of hydrogen-bond donors (Lipinski definition) is 1. The first-order valence-electron chi connectivity index (χ1n) is 7.50. The Kier molecular flexibility index (Phi) is 3.52. The maximum Gasteiger partial charge on any atom is 0.415 e. The second-order valence-electron chi connectivity index (χ2n) is 5.57. The summed E-state index contributed by atoms with van der Waals surface area (Å²) in [6, 6.07) is 6.30. The van der Waals surface area contributed by atoms with Gasteiger partial charge in [0, 0.05) is 12.1 Å². The number of benzene rings is 2. The lowest BCUT2D eigenvalue weighted by Gasteiger charge is -2.22. The van der Waals surface area contributed by atoms with Crippen molar-refractivity contribution in [1.29, 1.82) is 0 Å². The molecule has 1 unspecified atom stereocenters. The van der Waals surface area contributed by atoms with Crippen molar-refractivity contribution >= 4 is 22.8 Å². The topological polar surface area (TPSA) is 67.5 Å². The van der Waals surface area contributed by atoms with Crippen LogP contribution in [0.25, 0.3) is 11.0 Å². The summed E-state index contributed by atoms with van der Waals surface area (Å²) >= 11 is 0. The zero-order chi connectivity index (χ0) is 17.6. The standard InChI is InChI=1S/C17H13F2N3O3/c1-24-10-5-11(18)16(12(19)6-10)15-7-25-17(23)22(15)9-2-3-13-14(4-9)21-8-20-13/h2-6,8,15H,7H2,1H3,(H,20,21). The normalized spacial score (nSPS) is 17.2. The molecule has 1 N–H and O–H groups in total. The molecule has 1 amide bonds. The lowest BCUT2D eigenvalue weighted by atomic mass is 10.0. The average molecular weight is 345 g/mol. The molecule has 0 radical (unpaired) electrons. The highest BCUT2D eigenvalue weighted by atomic mass is 19.1. The maximum absolute atomic E-state index is 14.4. The smallest absolute Gasteiger partial charge is 0.415 e. The molecule has 2 heterocycles. The van der Waals surface area contributed by atoms with Crippen molar-refractivity contribution in [3.8, 4) is 5.75 Å². The highest BCUT2D eigenvalue weighted by molar-refractivity contribution is 5.93. The minimum atomic E-state index is -0.921. The Morgan fingerprint density at radius 3 is 2.76 bits per heavy atom. The van der Waals surface area contributed by atoms with E-state index in [1.54, 1.807) is 18.2 Å². The summed E-state index contributed by atoms with van der Waals surface area (Å²) in [4.78, 5) is 20.5. The van der Waals surface area contributed by atoms with Crippen molar-refractivity contribution in [3.63, 3.8) is 0 Å². The molecule has 0 bridgehead atoms. The molecular formula is C17H13F2N3O3. The van der Waals surface area contributed by atoms with Gasteiger partial charge in [-0.25, -0.2) is 18.6 Å². The number of H-pyrrole nitrogens is 1. The lowest BCUT2D eigenvalue weighted by molar-refractivity contribution is 0.178. The molecule has 1 aliphatic heterocycles. The second-order valence-corrected chi connectivity index (χ2v) is 5.57. The van der Waals surface area contributed by atoms with Crippen LogP contribution in [0.5, 0.6) is 5.75 Å². The predicted octanol–water partition coefficient (Wildman–Crippen LogP) is 3.55. The third-order valence-electron chi connectivity index (χ3n) is 4.18. The highest BCUT2D eigenvalue weighted by Crippen LogP contribution is 2.37. The van der Waals surface area contributed by atoms with Crippen LogP contribution in [0.2, 0.25) is 0 Å². The SMILES string of the molecule is COc1cc(F)c(C2COC(=O)N2c2ccc3[nH]cnc3c2)c(F)c1. The molecule has 1 fully saturated rings. The molecule has 0 saturated carbocycles. The van der Waals surface area contributed by atoms with Gasteiger partial charge in [0.1, 0.15) is 30.0 Å². The van der Waals surface area contributed by atoms with E-state index in [1.807, 2.05) is 0 Å². The predicted molar refractivity (Wildman–Crippen MR) is 85.6 cm³/mol. The number of anilines is 1. The molecule has 1 aromatic heterocycles. The molecule has 6 nitrogen and oxygen atoms in total. The van der Waals surface area contributed by atoms with Gasteiger partial charge in [-0.1, -0.05) is 0 Å². The second kappa shape index (κ2) is 5.73. The third kappa shape index (κ3) is 2.46. The van der Waals surface area contributed by atoms with Gasteiger partial charge in [0.05, 0.1) is 35.7 Å². The van der Waals surface area contributed by atoms with Crippen LogP contribution in [0, 0.1) is 11.6 Å². The van der Waals surface area contributed by atoms with Crippen LogP contribution in [0.3, 0.4) is 0 Å². The number of nitrogens with one attached hydrogen (secondary N) is 1. The molecule has 0 aliphatic carbocycles. The summed E-state index contributed by atoms with van der Waals surface area (Å²) in [5.74, 6) is -1.54. The van der Waals surface area contributed by atoms with Crippen molar-refractivity contribution in [1.82, 2.24) is 9.97 Å². The van der Waals surface area contributed by atoms with Crippen LogP contribution in [0.4, 0.5) is 19.3 Å². The Hall–Kier alpha value is -3.16. The molecule has 2 aromatic carbocycles. The zero-order valence-electron chi connectivity index (χ0n) is 13.1. The van der Waals surface area contributed by atoms with Gasteiger partial charge in [-0.3, -0.25) is 4.90 Å². The number of aromatic amines is 1. The fraction of sp³-hybridized carbons (Fsp3) is 0.176. The fourth-order valence-electron chi connectivity index (χ4n) is 2.99. The third-order valence-corrected chi connectivity index (χ3v) is 4.18. The number of aromatic nitrogens is 2. The van der Waals surface area contributed by atoms with Gasteiger partial charge in [-0.15, -0.1) is 0 Å². The summed E-state index contributed by atoms with van der Waals surface area (Å²) < 4.78 is 38.8. The van der Waals surface area contributed by atoms with Crippen molar-refractivity contribution in [2.24, 2.45) is 0 Å². The summed E-state index contributed by atoms with van der Waals surface area (Å²) in [6.45, 7) is -0.155. The minimum Gasteiger partial charge on any atom is -0.497 e. The molecule has 0 spiro atoms. The monoisotopic (exact) mass is 345 g/mol. The Balaban J connectivity index is 1.80. The Morgan fingerprint density at radius 2 is 2.04 bits per heavy atom. The molecule has 3 aromatic rings. The van der Waals surface area contributed by atoms with Crippen LogP contribution >= 0.6 is 0 Å².